The molecule has 1 nitrogen and oxygen atoms in total. The number of aliphatic hydroxyl groups excluding tert-OH is 1. The lowest BCUT2D eigenvalue weighted by Gasteiger charge is -2.09. The first-order valence-corrected chi connectivity index (χ1v) is 7.44. The van der Waals surface area contributed by atoms with E-state index in [0.717, 1.165) is 12.8 Å². The molecule has 2 rings (SSSR count). The van der Waals surface area contributed by atoms with Crippen LogP contribution < -0.4 is 0 Å². The molecule has 1 aliphatic carbocycles. The van der Waals surface area contributed by atoms with Gasteiger partial charge in [-0.15, -0.1) is 0 Å². The van der Waals surface area contributed by atoms with Crippen molar-refractivity contribution in [1.82, 2.24) is 0 Å². The van der Waals surface area contributed by atoms with Gasteiger partial charge in [-0.25, -0.2) is 0 Å². The van der Waals surface area contributed by atoms with Crippen LogP contribution in [0.5, 0.6) is 0 Å². The van der Waals surface area contributed by atoms with Crippen LogP contribution in [-0.4, -0.2) is 23.2 Å². The van der Waals surface area contributed by atoms with E-state index in [1.54, 1.807) is 0 Å². The van der Waals surface area contributed by atoms with E-state index >= 15 is 0 Å². The largest absolute Gasteiger partial charge is 0.393 e. The molecule has 16 heavy (non-hydrogen) atoms. The molecule has 1 aliphatic rings. The van der Waals surface area contributed by atoms with Crippen molar-refractivity contribution in [2.45, 2.75) is 31.3 Å². The molecule has 1 N–H and O–H groups in total. The average Bonchev–Trinajstić information content (AvgIpc) is 3.10. The first kappa shape index (κ1) is 12.0. The molecule has 3 atom stereocenters. The number of thioether (sulfide) groups is 1. The lowest BCUT2D eigenvalue weighted by Crippen LogP contribution is -2.10. The van der Waals surface area contributed by atoms with Crippen LogP contribution in [-0.2, 0) is 0 Å². The smallest absolute Gasteiger partial charge is 0.0574 e. The standard InChI is InChI=1S/C14H20OS/c1-16-9-5-8-14(15)13-10-12(13)11-6-3-2-4-7-11/h2-4,6-7,12-15H,5,8-10H2,1H3. The van der Waals surface area contributed by atoms with E-state index in [1.165, 1.54) is 17.7 Å². The monoisotopic (exact) mass is 236 g/mol. The highest BCUT2D eigenvalue weighted by Gasteiger charge is 2.42. The van der Waals surface area contributed by atoms with Gasteiger partial charge in [0.2, 0.25) is 0 Å². The Labute approximate surface area is 102 Å². The van der Waals surface area contributed by atoms with E-state index < -0.39 is 0 Å². The van der Waals surface area contributed by atoms with Crippen LogP contribution in [0.15, 0.2) is 30.3 Å². The second-order valence-corrected chi connectivity index (χ2v) is 5.60. The summed E-state index contributed by atoms with van der Waals surface area (Å²) in [7, 11) is 0. The second-order valence-electron chi connectivity index (χ2n) is 4.62. The van der Waals surface area contributed by atoms with Crippen molar-refractivity contribution in [3.05, 3.63) is 35.9 Å². The highest BCUT2D eigenvalue weighted by atomic mass is 32.2. The molecule has 88 valence electrons. The van der Waals surface area contributed by atoms with Crippen molar-refractivity contribution in [3.63, 3.8) is 0 Å². The van der Waals surface area contributed by atoms with Gasteiger partial charge < -0.3 is 5.11 Å². The maximum absolute atomic E-state index is 10.0. The Bertz CT molecular complexity index is 312. The van der Waals surface area contributed by atoms with Gasteiger partial charge in [-0.3, -0.25) is 0 Å². The molecule has 0 amide bonds. The van der Waals surface area contributed by atoms with Crippen LogP contribution >= 0.6 is 11.8 Å². The van der Waals surface area contributed by atoms with E-state index in [-0.39, 0.29) is 6.10 Å². The van der Waals surface area contributed by atoms with Gasteiger partial charge in [0.05, 0.1) is 6.10 Å². The Balaban J connectivity index is 1.78. The van der Waals surface area contributed by atoms with Crippen LogP contribution in [0.1, 0.15) is 30.7 Å². The van der Waals surface area contributed by atoms with Crippen LogP contribution in [0.4, 0.5) is 0 Å². The van der Waals surface area contributed by atoms with Crippen molar-refractivity contribution >= 4 is 11.8 Å². The molecule has 0 bridgehead atoms. The fraction of sp³-hybridized carbons (Fsp3) is 0.571. The maximum atomic E-state index is 10.0. The van der Waals surface area contributed by atoms with E-state index in [4.69, 9.17) is 0 Å². The Morgan fingerprint density at radius 2 is 2.12 bits per heavy atom. The predicted octanol–water partition coefficient (Wildman–Crippen LogP) is 3.29. The van der Waals surface area contributed by atoms with Gasteiger partial charge in [0.15, 0.2) is 0 Å². The summed E-state index contributed by atoms with van der Waals surface area (Å²) in [6.07, 6.45) is 5.31. The molecule has 1 aromatic carbocycles. The van der Waals surface area contributed by atoms with E-state index in [1.807, 2.05) is 11.8 Å². The normalized spacial score (nSPS) is 25.4. The van der Waals surface area contributed by atoms with Crippen molar-refractivity contribution in [1.29, 1.82) is 0 Å². The van der Waals surface area contributed by atoms with Crippen molar-refractivity contribution in [2.24, 2.45) is 5.92 Å². The summed E-state index contributed by atoms with van der Waals surface area (Å²) in [6.45, 7) is 0. The molecule has 0 aliphatic heterocycles. The van der Waals surface area contributed by atoms with Crippen LogP contribution in [0.2, 0.25) is 0 Å². The lowest BCUT2D eigenvalue weighted by molar-refractivity contribution is 0.138. The first-order chi connectivity index (χ1) is 7.83. The number of hydrogen-bond acceptors (Lipinski definition) is 2. The minimum atomic E-state index is -0.0858. The molecule has 0 aromatic heterocycles. The predicted molar refractivity (Wildman–Crippen MR) is 70.9 cm³/mol. The quantitative estimate of drug-likeness (QED) is 0.765. The van der Waals surface area contributed by atoms with E-state index in [2.05, 4.69) is 36.6 Å². The molecular weight excluding hydrogens is 216 g/mol. The summed E-state index contributed by atoms with van der Waals surface area (Å²) in [4.78, 5) is 0. The maximum Gasteiger partial charge on any atom is 0.0574 e. The first-order valence-electron chi connectivity index (χ1n) is 6.05. The number of aliphatic hydroxyl groups is 1. The van der Waals surface area contributed by atoms with Gasteiger partial charge in [-0.2, -0.15) is 11.8 Å². The topological polar surface area (TPSA) is 20.2 Å². The summed E-state index contributed by atoms with van der Waals surface area (Å²) in [5.41, 5.74) is 1.40. The molecule has 0 spiro atoms. The SMILES string of the molecule is CSCCCC(O)C1CC1c1ccccc1. The number of rotatable bonds is 6. The Kier molecular flexibility index (Phi) is 4.30. The van der Waals surface area contributed by atoms with Gasteiger partial charge >= 0.3 is 0 Å². The van der Waals surface area contributed by atoms with Gasteiger partial charge in [0, 0.05) is 0 Å². The minimum absolute atomic E-state index is 0.0858. The third kappa shape index (κ3) is 3.02. The summed E-state index contributed by atoms with van der Waals surface area (Å²) < 4.78 is 0. The summed E-state index contributed by atoms with van der Waals surface area (Å²) >= 11 is 1.86. The number of hydrogen-bond donors (Lipinski definition) is 1. The van der Waals surface area contributed by atoms with E-state index in [9.17, 15) is 5.11 Å². The van der Waals surface area contributed by atoms with Crippen molar-refractivity contribution in [2.75, 3.05) is 12.0 Å². The summed E-state index contributed by atoms with van der Waals surface area (Å²) in [5.74, 6) is 2.30. The van der Waals surface area contributed by atoms with E-state index in [0.29, 0.717) is 11.8 Å². The zero-order valence-corrected chi connectivity index (χ0v) is 10.6. The molecule has 2 heteroatoms. The fourth-order valence-corrected chi connectivity index (χ4v) is 2.83. The highest BCUT2D eigenvalue weighted by Crippen LogP contribution is 2.50. The molecule has 0 saturated heterocycles. The molecular formula is C14H20OS. The second kappa shape index (κ2) is 5.74. The van der Waals surface area contributed by atoms with Gasteiger partial charge in [-0.1, -0.05) is 30.3 Å². The fourth-order valence-electron chi connectivity index (χ4n) is 2.37. The number of benzene rings is 1. The van der Waals surface area contributed by atoms with Crippen molar-refractivity contribution < 1.29 is 5.11 Å². The molecule has 1 fully saturated rings. The van der Waals surface area contributed by atoms with Gasteiger partial charge in [0.1, 0.15) is 0 Å². The Morgan fingerprint density at radius 1 is 1.38 bits per heavy atom. The molecule has 0 radical (unpaired) electrons. The Hall–Kier alpha value is -0.470. The average molecular weight is 236 g/mol. The zero-order chi connectivity index (χ0) is 11.4. The third-order valence-electron chi connectivity index (χ3n) is 3.41. The Morgan fingerprint density at radius 3 is 2.81 bits per heavy atom. The van der Waals surface area contributed by atoms with Gasteiger partial charge in [-0.05, 0) is 48.7 Å². The summed E-state index contributed by atoms with van der Waals surface area (Å²) in [6, 6.07) is 10.6. The van der Waals surface area contributed by atoms with Crippen LogP contribution in [0.25, 0.3) is 0 Å². The summed E-state index contributed by atoms with van der Waals surface area (Å²) in [5, 5.41) is 10.0. The zero-order valence-electron chi connectivity index (χ0n) is 9.80. The highest BCUT2D eigenvalue weighted by molar-refractivity contribution is 7.98. The molecule has 3 unspecified atom stereocenters. The van der Waals surface area contributed by atoms with Crippen molar-refractivity contribution in [3.8, 4) is 0 Å². The molecule has 1 saturated carbocycles. The van der Waals surface area contributed by atoms with Crippen LogP contribution in [0.3, 0.4) is 0 Å². The third-order valence-corrected chi connectivity index (χ3v) is 4.11. The van der Waals surface area contributed by atoms with Gasteiger partial charge in [0.25, 0.3) is 0 Å². The minimum Gasteiger partial charge on any atom is -0.393 e. The molecule has 1 aromatic rings. The lowest BCUT2D eigenvalue weighted by atomic mass is 10.0. The molecule has 0 heterocycles. The van der Waals surface area contributed by atoms with Crippen LogP contribution in [0, 0.1) is 5.92 Å².